The second kappa shape index (κ2) is 9.26. The van der Waals surface area contributed by atoms with Gasteiger partial charge in [-0.05, 0) is 41.6 Å². The summed E-state index contributed by atoms with van der Waals surface area (Å²) in [4.78, 5) is 51.1. The average Bonchev–Trinajstić information content (AvgIpc) is 3.02. The minimum absolute atomic E-state index is 0.116. The Bertz CT molecular complexity index is 1100. The number of imide groups is 1. The van der Waals surface area contributed by atoms with Crippen LogP contribution in [0.5, 0.6) is 17.4 Å². The van der Waals surface area contributed by atoms with E-state index in [1.165, 1.54) is 43.6 Å². The summed E-state index contributed by atoms with van der Waals surface area (Å²) in [5.74, 6) is -1.15. The highest BCUT2D eigenvalue weighted by Gasteiger charge is 2.36. The van der Waals surface area contributed by atoms with Crippen LogP contribution in [0.25, 0.3) is 6.08 Å². The number of carbonyl (C=O) groups excluding carboxylic acids is 3. The van der Waals surface area contributed by atoms with Gasteiger partial charge in [0, 0.05) is 12.3 Å². The first-order chi connectivity index (χ1) is 14.8. The standard InChI is InChI=1S/C19H15N3O8S/c1-28-14-8-11(9-15-18(24)21(19(25)31-15)10-16(23)29-2)5-6-13(14)30-17-12(22(26)27)4-3-7-20-17/h3-9H,10H2,1-2H3. The number of pyridine rings is 1. The molecule has 3 rings (SSSR count). The molecule has 31 heavy (non-hydrogen) atoms. The molecular formula is C19H15N3O8S. The highest BCUT2D eigenvalue weighted by Crippen LogP contribution is 2.37. The third-order valence-electron chi connectivity index (χ3n) is 4.03. The number of rotatable bonds is 7. The Labute approximate surface area is 179 Å². The van der Waals surface area contributed by atoms with Crippen molar-refractivity contribution in [2.45, 2.75) is 0 Å². The number of thioether (sulfide) groups is 1. The Morgan fingerprint density at radius 2 is 2.03 bits per heavy atom. The number of hydrogen-bond donors (Lipinski definition) is 0. The minimum Gasteiger partial charge on any atom is -0.493 e. The fourth-order valence-electron chi connectivity index (χ4n) is 2.54. The van der Waals surface area contributed by atoms with Crippen molar-refractivity contribution in [1.82, 2.24) is 9.88 Å². The highest BCUT2D eigenvalue weighted by molar-refractivity contribution is 8.18. The summed E-state index contributed by atoms with van der Waals surface area (Å²) in [6.45, 7) is -0.475. The summed E-state index contributed by atoms with van der Waals surface area (Å²) >= 11 is 0.688. The predicted octanol–water partition coefficient (Wildman–Crippen LogP) is 3.00. The molecule has 1 aromatic heterocycles. The zero-order chi connectivity index (χ0) is 22.5. The molecular weight excluding hydrogens is 430 g/mol. The Balaban J connectivity index is 1.85. The van der Waals surface area contributed by atoms with E-state index in [1.54, 1.807) is 6.07 Å². The van der Waals surface area contributed by atoms with Crippen LogP contribution in [0.3, 0.4) is 0 Å². The molecule has 1 aromatic carbocycles. The molecule has 0 unspecified atom stereocenters. The van der Waals surface area contributed by atoms with Crippen LogP contribution in [0.2, 0.25) is 0 Å². The van der Waals surface area contributed by atoms with Gasteiger partial charge in [0.05, 0.1) is 24.0 Å². The van der Waals surface area contributed by atoms with E-state index < -0.39 is 28.6 Å². The fraction of sp³-hybridized carbons (Fsp3) is 0.158. The summed E-state index contributed by atoms with van der Waals surface area (Å²) in [5.41, 5.74) is 0.191. The van der Waals surface area contributed by atoms with Gasteiger partial charge in [-0.25, -0.2) is 4.98 Å². The third kappa shape index (κ3) is 4.80. The molecule has 1 saturated heterocycles. The first-order valence-electron chi connectivity index (χ1n) is 8.61. The van der Waals surface area contributed by atoms with E-state index in [2.05, 4.69) is 9.72 Å². The number of methoxy groups -OCH3 is 2. The van der Waals surface area contributed by atoms with Gasteiger partial charge in [0.1, 0.15) is 6.54 Å². The summed E-state index contributed by atoms with van der Waals surface area (Å²) < 4.78 is 15.3. The van der Waals surface area contributed by atoms with Gasteiger partial charge in [-0.15, -0.1) is 0 Å². The number of benzene rings is 1. The zero-order valence-corrected chi connectivity index (χ0v) is 17.1. The normalized spacial score (nSPS) is 14.6. The van der Waals surface area contributed by atoms with Crippen LogP contribution in [-0.4, -0.2) is 52.7 Å². The maximum atomic E-state index is 12.4. The molecule has 0 saturated carbocycles. The van der Waals surface area contributed by atoms with Gasteiger partial charge in [0.2, 0.25) is 0 Å². The van der Waals surface area contributed by atoms with Gasteiger partial charge in [-0.3, -0.25) is 29.4 Å². The topological polar surface area (TPSA) is 138 Å². The van der Waals surface area contributed by atoms with E-state index in [4.69, 9.17) is 9.47 Å². The highest BCUT2D eigenvalue weighted by atomic mass is 32.2. The maximum Gasteiger partial charge on any atom is 0.331 e. The number of aromatic nitrogens is 1. The second-order valence-electron chi connectivity index (χ2n) is 5.94. The van der Waals surface area contributed by atoms with Crippen molar-refractivity contribution in [1.29, 1.82) is 0 Å². The number of hydrogen-bond acceptors (Lipinski definition) is 10. The Morgan fingerprint density at radius 1 is 1.26 bits per heavy atom. The SMILES string of the molecule is COC(=O)CN1C(=O)SC(=Cc2ccc(Oc3ncccc3[N+](=O)[O-])c(OC)c2)C1=O. The zero-order valence-electron chi connectivity index (χ0n) is 16.3. The molecule has 12 heteroatoms. The third-order valence-corrected chi connectivity index (χ3v) is 4.94. The molecule has 1 aliphatic rings. The first-order valence-corrected chi connectivity index (χ1v) is 9.43. The number of ether oxygens (including phenoxy) is 3. The van der Waals surface area contributed by atoms with Gasteiger partial charge >= 0.3 is 11.7 Å². The molecule has 2 heterocycles. The number of esters is 1. The molecule has 160 valence electrons. The minimum atomic E-state index is -0.713. The number of carbonyl (C=O) groups is 3. The van der Waals surface area contributed by atoms with Crippen LogP contribution in [0, 0.1) is 10.1 Å². The lowest BCUT2D eigenvalue weighted by Gasteiger charge is -2.11. The van der Waals surface area contributed by atoms with Gasteiger partial charge in [0.25, 0.3) is 17.0 Å². The van der Waals surface area contributed by atoms with Crippen molar-refractivity contribution in [2.75, 3.05) is 20.8 Å². The monoisotopic (exact) mass is 445 g/mol. The first kappa shape index (κ1) is 21.8. The largest absolute Gasteiger partial charge is 0.493 e. The summed E-state index contributed by atoms with van der Waals surface area (Å²) in [6.07, 6.45) is 2.81. The molecule has 2 amide bonds. The molecule has 1 aliphatic heterocycles. The molecule has 0 radical (unpaired) electrons. The van der Waals surface area contributed by atoms with Crippen molar-refractivity contribution in [2.24, 2.45) is 0 Å². The van der Waals surface area contributed by atoms with Gasteiger partial charge < -0.3 is 14.2 Å². The molecule has 11 nitrogen and oxygen atoms in total. The lowest BCUT2D eigenvalue weighted by Crippen LogP contribution is -2.34. The van der Waals surface area contributed by atoms with Crippen molar-refractivity contribution in [3.63, 3.8) is 0 Å². The summed E-state index contributed by atoms with van der Waals surface area (Å²) in [5, 5.41) is 10.5. The second-order valence-corrected chi connectivity index (χ2v) is 6.93. The molecule has 0 bridgehead atoms. The Hall–Kier alpha value is -3.93. The van der Waals surface area contributed by atoms with Crippen LogP contribution < -0.4 is 9.47 Å². The molecule has 0 spiro atoms. The van der Waals surface area contributed by atoms with Gasteiger partial charge in [-0.1, -0.05) is 6.07 Å². The van der Waals surface area contributed by atoms with Crippen LogP contribution in [0.1, 0.15) is 5.56 Å². The van der Waals surface area contributed by atoms with Crippen LogP contribution in [0.4, 0.5) is 10.5 Å². The van der Waals surface area contributed by atoms with Crippen molar-refractivity contribution >= 4 is 40.6 Å². The van der Waals surface area contributed by atoms with Gasteiger partial charge in [-0.2, -0.15) is 0 Å². The number of nitrogens with zero attached hydrogens (tertiary/aromatic N) is 3. The number of amides is 2. The quantitative estimate of drug-likeness (QED) is 0.270. The number of nitro groups is 1. The van der Waals surface area contributed by atoms with Crippen molar-refractivity contribution < 1.29 is 33.5 Å². The van der Waals surface area contributed by atoms with Crippen LogP contribution in [0.15, 0.2) is 41.4 Å². The van der Waals surface area contributed by atoms with Crippen molar-refractivity contribution in [3.8, 4) is 17.4 Å². The Morgan fingerprint density at radius 3 is 2.71 bits per heavy atom. The molecule has 0 aliphatic carbocycles. The van der Waals surface area contributed by atoms with Gasteiger partial charge in [0.15, 0.2) is 11.5 Å². The van der Waals surface area contributed by atoms with E-state index in [-0.39, 0.29) is 28.0 Å². The van der Waals surface area contributed by atoms with E-state index in [9.17, 15) is 24.5 Å². The van der Waals surface area contributed by atoms with E-state index in [0.29, 0.717) is 17.3 Å². The smallest absolute Gasteiger partial charge is 0.331 e. The lowest BCUT2D eigenvalue weighted by atomic mass is 10.2. The Kier molecular flexibility index (Phi) is 6.50. The van der Waals surface area contributed by atoms with Crippen LogP contribution in [-0.2, 0) is 14.3 Å². The van der Waals surface area contributed by atoms with E-state index in [0.717, 1.165) is 12.0 Å². The fourth-order valence-corrected chi connectivity index (χ4v) is 3.38. The molecule has 0 N–H and O–H groups in total. The van der Waals surface area contributed by atoms with E-state index >= 15 is 0 Å². The summed E-state index contributed by atoms with van der Waals surface area (Å²) in [7, 11) is 2.54. The average molecular weight is 445 g/mol. The van der Waals surface area contributed by atoms with E-state index in [1.807, 2.05) is 0 Å². The lowest BCUT2D eigenvalue weighted by molar-refractivity contribution is -0.386. The molecule has 2 aromatic rings. The molecule has 0 atom stereocenters. The predicted molar refractivity (Wildman–Crippen MR) is 109 cm³/mol. The van der Waals surface area contributed by atoms with Crippen LogP contribution >= 0.6 is 11.8 Å². The maximum absolute atomic E-state index is 12.4. The molecule has 1 fully saturated rings. The van der Waals surface area contributed by atoms with Crippen molar-refractivity contribution in [3.05, 3.63) is 57.1 Å². The summed E-state index contributed by atoms with van der Waals surface area (Å²) in [6, 6.07) is 7.26.